The smallest absolute Gasteiger partial charge is 0.266 e. The third kappa shape index (κ3) is 3.83. The molecule has 0 saturated carbocycles. The Morgan fingerprint density at radius 2 is 1.57 bits per heavy atom. The van der Waals surface area contributed by atoms with E-state index < -0.39 is 5.72 Å². The Kier molecular flexibility index (Phi) is 5.89. The summed E-state index contributed by atoms with van der Waals surface area (Å²) in [6.07, 6.45) is 3.36. The van der Waals surface area contributed by atoms with Crippen molar-refractivity contribution in [3.8, 4) is 5.75 Å². The van der Waals surface area contributed by atoms with Gasteiger partial charge in [-0.15, -0.1) is 5.10 Å². The molecule has 0 aliphatic heterocycles. The summed E-state index contributed by atoms with van der Waals surface area (Å²) < 4.78 is 8.20. The number of carbonyl (C=O) groups is 1. The molecule has 1 unspecified atom stereocenters. The lowest BCUT2D eigenvalue weighted by Gasteiger charge is -2.33. The fourth-order valence-corrected chi connectivity index (χ4v) is 3.71. The Bertz CT molecular complexity index is 1110. The zero-order valence-corrected chi connectivity index (χ0v) is 17.1. The molecule has 0 amide bonds. The van der Waals surface area contributed by atoms with E-state index in [1.165, 1.54) is 0 Å². The van der Waals surface area contributed by atoms with Crippen molar-refractivity contribution in [1.82, 2.24) is 15.0 Å². The number of unbranched alkanes of at least 4 members (excludes halogenated alkanes) is 2. The molecule has 0 aliphatic carbocycles. The lowest BCUT2D eigenvalue weighted by atomic mass is 9.94. The molecule has 4 aromatic rings. The predicted molar refractivity (Wildman–Crippen MR) is 117 cm³/mol. The number of Topliss-reactive ketones (excluding diaryl/α,β-unsaturated/α-hetero) is 1. The number of para-hydroxylation sites is 2. The topological polar surface area (TPSA) is 57.0 Å². The number of rotatable bonds is 9. The zero-order chi connectivity index (χ0) is 20.8. The first kappa shape index (κ1) is 19.8. The molecular weight excluding hydrogens is 374 g/mol. The van der Waals surface area contributed by atoms with Crippen LogP contribution < -0.4 is 4.74 Å². The minimum atomic E-state index is -1.33. The third-order valence-corrected chi connectivity index (χ3v) is 5.23. The van der Waals surface area contributed by atoms with Gasteiger partial charge in [0, 0.05) is 12.0 Å². The van der Waals surface area contributed by atoms with Crippen LogP contribution in [0.15, 0.2) is 84.9 Å². The first-order chi connectivity index (χ1) is 14.7. The number of ether oxygens (including phenoxy) is 1. The van der Waals surface area contributed by atoms with Crippen molar-refractivity contribution in [3.05, 3.63) is 90.5 Å². The standard InChI is InChI=1S/C25H25N3O2/c1-2-3-12-19-25(30-21-15-8-5-9-16-21,24(29)20-13-6-4-7-14-20)28-23-18-11-10-17-22(23)26-27-28/h4-11,13-18H,2-3,12,19H2,1H3. The van der Waals surface area contributed by atoms with Crippen molar-refractivity contribution in [1.29, 1.82) is 0 Å². The highest BCUT2D eigenvalue weighted by Gasteiger charge is 2.45. The minimum Gasteiger partial charge on any atom is -0.458 e. The third-order valence-electron chi connectivity index (χ3n) is 5.23. The number of benzene rings is 3. The summed E-state index contributed by atoms with van der Waals surface area (Å²) >= 11 is 0. The molecule has 5 heteroatoms. The quantitative estimate of drug-likeness (QED) is 0.270. The molecule has 0 bridgehead atoms. The Balaban J connectivity index is 1.91. The van der Waals surface area contributed by atoms with Crippen molar-refractivity contribution in [2.45, 2.75) is 38.3 Å². The van der Waals surface area contributed by atoms with Crippen LogP contribution in [-0.2, 0) is 5.72 Å². The molecule has 0 radical (unpaired) electrons. The van der Waals surface area contributed by atoms with Crippen LogP contribution in [0, 0.1) is 0 Å². The molecule has 152 valence electrons. The lowest BCUT2D eigenvalue weighted by Crippen LogP contribution is -2.48. The SMILES string of the molecule is CCCCCC(Oc1ccccc1)(C(=O)c1ccccc1)n1nnc2ccccc21. The monoisotopic (exact) mass is 399 g/mol. The number of hydrogen-bond acceptors (Lipinski definition) is 4. The maximum absolute atomic E-state index is 14.0. The average molecular weight is 399 g/mol. The van der Waals surface area contributed by atoms with Gasteiger partial charge in [0.05, 0.1) is 5.52 Å². The molecule has 0 aliphatic rings. The second kappa shape index (κ2) is 8.91. The van der Waals surface area contributed by atoms with E-state index in [1.807, 2.05) is 84.9 Å². The molecular formula is C25H25N3O2. The summed E-state index contributed by atoms with van der Waals surface area (Å²) in [6, 6.07) is 26.4. The van der Waals surface area contributed by atoms with E-state index in [0.29, 0.717) is 17.7 Å². The Morgan fingerprint density at radius 1 is 0.900 bits per heavy atom. The van der Waals surface area contributed by atoms with Gasteiger partial charge in [-0.1, -0.05) is 85.6 Å². The maximum atomic E-state index is 14.0. The number of aromatic nitrogens is 3. The van der Waals surface area contributed by atoms with Gasteiger partial charge in [-0.25, -0.2) is 0 Å². The van der Waals surface area contributed by atoms with Gasteiger partial charge >= 0.3 is 0 Å². The van der Waals surface area contributed by atoms with E-state index in [4.69, 9.17) is 4.74 Å². The molecule has 0 N–H and O–H groups in total. The Labute approximate surface area is 176 Å². The Morgan fingerprint density at radius 3 is 2.30 bits per heavy atom. The molecule has 5 nitrogen and oxygen atoms in total. The van der Waals surface area contributed by atoms with Crippen molar-refractivity contribution in [3.63, 3.8) is 0 Å². The highest BCUT2D eigenvalue weighted by atomic mass is 16.5. The highest BCUT2D eigenvalue weighted by molar-refractivity contribution is 6.01. The normalized spacial score (nSPS) is 13.1. The molecule has 30 heavy (non-hydrogen) atoms. The predicted octanol–water partition coefficient (Wildman–Crippen LogP) is 5.63. The van der Waals surface area contributed by atoms with Crippen LogP contribution in [0.2, 0.25) is 0 Å². The average Bonchev–Trinajstić information content (AvgIpc) is 3.24. The first-order valence-electron chi connectivity index (χ1n) is 10.4. The summed E-state index contributed by atoms with van der Waals surface area (Å²) in [5.41, 5.74) is 0.766. The van der Waals surface area contributed by atoms with Gasteiger partial charge in [0.1, 0.15) is 11.3 Å². The van der Waals surface area contributed by atoms with Crippen LogP contribution in [0.4, 0.5) is 0 Å². The van der Waals surface area contributed by atoms with Gasteiger partial charge in [-0.05, 0) is 30.7 Å². The van der Waals surface area contributed by atoms with Gasteiger partial charge in [-0.3, -0.25) is 4.79 Å². The van der Waals surface area contributed by atoms with Gasteiger partial charge < -0.3 is 4.74 Å². The van der Waals surface area contributed by atoms with Crippen molar-refractivity contribution in [2.75, 3.05) is 0 Å². The number of hydrogen-bond donors (Lipinski definition) is 0. The molecule has 1 heterocycles. The number of carbonyl (C=O) groups excluding carboxylic acids is 1. The van der Waals surface area contributed by atoms with Crippen LogP contribution in [0.25, 0.3) is 11.0 Å². The van der Waals surface area contributed by atoms with E-state index in [2.05, 4.69) is 17.2 Å². The van der Waals surface area contributed by atoms with Crippen LogP contribution in [0.5, 0.6) is 5.75 Å². The summed E-state index contributed by atoms with van der Waals surface area (Å²) in [6.45, 7) is 2.14. The fourth-order valence-electron chi connectivity index (χ4n) is 3.71. The fraction of sp³-hybridized carbons (Fsp3) is 0.240. The van der Waals surface area contributed by atoms with Crippen LogP contribution in [0.1, 0.15) is 43.0 Å². The molecule has 1 aromatic heterocycles. The number of ketones is 1. The lowest BCUT2D eigenvalue weighted by molar-refractivity contribution is -0.00960. The second-order valence-electron chi connectivity index (χ2n) is 7.34. The maximum Gasteiger partial charge on any atom is 0.266 e. The van der Waals surface area contributed by atoms with E-state index in [-0.39, 0.29) is 5.78 Å². The molecule has 0 spiro atoms. The van der Waals surface area contributed by atoms with Crippen LogP contribution >= 0.6 is 0 Å². The number of fused-ring (bicyclic) bond motifs is 1. The van der Waals surface area contributed by atoms with Crippen LogP contribution in [0.3, 0.4) is 0 Å². The molecule has 3 aromatic carbocycles. The van der Waals surface area contributed by atoms with Crippen molar-refractivity contribution in [2.24, 2.45) is 0 Å². The van der Waals surface area contributed by atoms with Gasteiger partial charge in [-0.2, -0.15) is 4.68 Å². The van der Waals surface area contributed by atoms with E-state index in [1.54, 1.807) is 4.68 Å². The summed E-state index contributed by atoms with van der Waals surface area (Å²) in [5, 5.41) is 8.72. The second-order valence-corrected chi connectivity index (χ2v) is 7.34. The minimum absolute atomic E-state index is 0.126. The van der Waals surface area contributed by atoms with Gasteiger partial charge in [0.2, 0.25) is 5.78 Å². The van der Waals surface area contributed by atoms with E-state index in [0.717, 1.165) is 30.3 Å². The highest BCUT2D eigenvalue weighted by Crippen LogP contribution is 2.34. The van der Waals surface area contributed by atoms with Crippen molar-refractivity contribution < 1.29 is 9.53 Å². The van der Waals surface area contributed by atoms with E-state index >= 15 is 0 Å². The summed E-state index contributed by atoms with van der Waals surface area (Å²) in [4.78, 5) is 14.0. The zero-order valence-electron chi connectivity index (χ0n) is 17.1. The molecule has 4 rings (SSSR count). The molecule has 1 atom stereocenters. The van der Waals surface area contributed by atoms with Gasteiger partial charge in [0.25, 0.3) is 5.72 Å². The summed E-state index contributed by atoms with van der Waals surface area (Å²) in [5.74, 6) is 0.497. The largest absolute Gasteiger partial charge is 0.458 e. The Hall–Kier alpha value is -3.47. The number of nitrogens with zero attached hydrogens (tertiary/aromatic N) is 3. The summed E-state index contributed by atoms with van der Waals surface area (Å²) in [7, 11) is 0. The first-order valence-corrected chi connectivity index (χ1v) is 10.4. The van der Waals surface area contributed by atoms with E-state index in [9.17, 15) is 4.79 Å². The molecule has 0 fully saturated rings. The van der Waals surface area contributed by atoms with Crippen LogP contribution in [-0.4, -0.2) is 20.8 Å². The van der Waals surface area contributed by atoms with Crippen molar-refractivity contribution >= 4 is 16.8 Å². The molecule has 0 saturated heterocycles. The van der Waals surface area contributed by atoms with Gasteiger partial charge in [0.15, 0.2) is 0 Å².